The second-order valence-electron chi connectivity index (χ2n) is 8.16. The van der Waals surface area contributed by atoms with E-state index in [4.69, 9.17) is 4.74 Å². The number of piperidine rings is 1. The molecule has 1 aromatic heterocycles. The lowest BCUT2D eigenvalue weighted by atomic mass is 9.68. The summed E-state index contributed by atoms with van der Waals surface area (Å²) in [6.45, 7) is 7.35. The monoisotopic (exact) mass is 371 g/mol. The van der Waals surface area contributed by atoms with Gasteiger partial charge in [-0.15, -0.1) is 5.10 Å². The summed E-state index contributed by atoms with van der Waals surface area (Å²) in [5.74, 6) is 1.37. The van der Waals surface area contributed by atoms with Gasteiger partial charge in [-0.05, 0) is 74.7 Å². The van der Waals surface area contributed by atoms with Crippen LogP contribution in [0.3, 0.4) is 0 Å². The van der Waals surface area contributed by atoms with Gasteiger partial charge in [-0.1, -0.05) is 35.9 Å². The molecular weight excluding hydrogens is 346 g/mol. The Hall–Kier alpha value is -2.72. The van der Waals surface area contributed by atoms with Gasteiger partial charge in [-0.3, -0.25) is 4.90 Å². The average molecular weight is 371 g/mol. The molecule has 3 aliphatic rings. The predicted molar refractivity (Wildman–Crippen MR) is 110 cm³/mol. The van der Waals surface area contributed by atoms with Crippen molar-refractivity contribution in [1.29, 1.82) is 0 Å². The van der Waals surface area contributed by atoms with Gasteiger partial charge >= 0.3 is 0 Å². The summed E-state index contributed by atoms with van der Waals surface area (Å²) >= 11 is 0. The number of fused-ring (bicyclic) bond motifs is 2. The fourth-order valence-electron chi connectivity index (χ4n) is 4.71. The number of benzene rings is 2. The highest BCUT2D eigenvalue weighted by Gasteiger charge is 2.42. The van der Waals surface area contributed by atoms with Crippen LogP contribution in [0.15, 0.2) is 54.6 Å². The van der Waals surface area contributed by atoms with Crippen LogP contribution in [0.1, 0.15) is 40.8 Å². The summed E-state index contributed by atoms with van der Waals surface area (Å²) in [7, 11) is 0. The van der Waals surface area contributed by atoms with Crippen LogP contribution in [0.2, 0.25) is 0 Å². The highest BCUT2D eigenvalue weighted by molar-refractivity contribution is 5.49. The minimum Gasteiger partial charge on any atom is -0.438 e. The summed E-state index contributed by atoms with van der Waals surface area (Å²) in [6, 6.07) is 19.5. The van der Waals surface area contributed by atoms with Crippen LogP contribution in [0, 0.1) is 13.8 Å². The first-order valence-corrected chi connectivity index (χ1v) is 10.0. The molecular formula is C24H25N3O. The summed E-state index contributed by atoms with van der Waals surface area (Å²) in [6.07, 6.45) is 2.35. The van der Waals surface area contributed by atoms with E-state index in [9.17, 15) is 0 Å². The molecule has 0 spiro atoms. The van der Waals surface area contributed by atoms with Crippen molar-refractivity contribution in [3.63, 3.8) is 0 Å². The van der Waals surface area contributed by atoms with Gasteiger partial charge in [-0.2, -0.15) is 5.10 Å². The fraction of sp³-hybridized carbons (Fsp3) is 0.333. The average Bonchev–Trinajstić information content (AvgIpc) is 2.96. The molecule has 0 unspecified atom stereocenters. The zero-order chi connectivity index (χ0) is 19.1. The maximum Gasteiger partial charge on any atom is 0.238 e. The molecule has 2 aromatic carbocycles. The SMILES string of the molecule is Cc1ccc(C23CCN(CC2)Cc2cc(Oc4ccc(C)nn4)ccc23)cc1. The van der Waals surface area contributed by atoms with Gasteiger partial charge in [0.2, 0.25) is 5.88 Å². The molecule has 0 saturated carbocycles. The first-order valence-electron chi connectivity index (χ1n) is 10.0. The zero-order valence-corrected chi connectivity index (χ0v) is 16.5. The van der Waals surface area contributed by atoms with Gasteiger partial charge in [-0.25, -0.2) is 0 Å². The van der Waals surface area contributed by atoms with Crippen molar-refractivity contribution >= 4 is 0 Å². The quantitative estimate of drug-likeness (QED) is 0.664. The molecule has 1 fully saturated rings. The van der Waals surface area contributed by atoms with Crippen LogP contribution in [-0.4, -0.2) is 28.2 Å². The Morgan fingerprint density at radius 3 is 2.39 bits per heavy atom. The number of aromatic nitrogens is 2. The van der Waals surface area contributed by atoms with E-state index in [1.54, 1.807) is 0 Å². The molecule has 142 valence electrons. The number of hydrogen-bond acceptors (Lipinski definition) is 4. The molecule has 28 heavy (non-hydrogen) atoms. The second kappa shape index (κ2) is 6.71. The highest BCUT2D eigenvalue weighted by Crippen LogP contribution is 2.47. The normalized spacial score (nSPS) is 23.1. The Morgan fingerprint density at radius 2 is 1.68 bits per heavy atom. The number of aryl methyl sites for hydroxylation is 2. The standard InChI is InChI=1S/C24H25N3O/c1-17-3-6-20(7-4-17)24-11-13-27(14-12-24)16-19-15-21(8-9-22(19)24)28-23-10-5-18(2)25-26-23/h3-10,15H,11-14,16H2,1-2H3. The lowest BCUT2D eigenvalue weighted by Gasteiger charge is -2.39. The van der Waals surface area contributed by atoms with Gasteiger partial charge in [0.05, 0.1) is 5.69 Å². The Bertz CT molecular complexity index is 987. The maximum absolute atomic E-state index is 5.99. The van der Waals surface area contributed by atoms with Gasteiger partial charge in [0.25, 0.3) is 0 Å². The third kappa shape index (κ3) is 2.98. The van der Waals surface area contributed by atoms with Gasteiger partial charge in [0.15, 0.2) is 0 Å². The van der Waals surface area contributed by atoms with Crippen molar-refractivity contribution in [3.8, 4) is 11.6 Å². The largest absolute Gasteiger partial charge is 0.438 e. The van der Waals surface area contributed by atoms with Crippen molar-refractivity contribution < 1.29 is 4.74 Å². The molecule has 0 N–H and O–H groups in total. The van der Waals surface area contributed by atoms with Gasteiger partial charge in [0.1, 0.15) is 5.75 Å². The summed E-state index contributed by atoms with van der Waals surface area (Å²) in [4.78, 5) is 2.56. The predicted octanol–water partition coefficient (Wildman–Crippen LogP) is 4.78. The van der Waals surface area contributed by atoms with E-state index in [0.717, 1.165) is 31.1 Å². The zero-order valence-electron chi connectivity index (χ0n) is 16.5. The Labute approximate surface area is 166 Å². The molecule has 0 radical (unpaired) electrons. The first-order chi connectivity index (χ1) is 13.6. The topological polar surface area (TPSA) is 38.2 Å². The minimum atomic E-state index is 0.109. The molecule has 0 aliphatic carbocycles. The fourth-order valence-corrected chi connectivity index (χ4v) is 4.71. The van der Waals surface area contributed by atoms with Crippen molar-refractivity contribution in [2.24, 2.45) is 0 Å². The smallest absolute Gasteiger partial charge is 0.238 e. The molecule has 0 atom stereocenters. The lowest BCUT2D eigenvalue weighted by Crippen LogP contribution is -2.39. The van der Waals surface area contributed by atoms with Crippen LogP contribution in [-0.2, 0) is 12.0 Å². The molecule has 4 heterocycles. The number of ether oxygens (including phenoxy) is 1. The molecule has 4 heteroatoms. The van der Waals surface area contributed by atoms with E-state index in [-0.39, 0.29) is 5.41 Å². The maximum atomic E-state index is 5.99. The van der Waals surface area contributed by atoms with Crippen LogP contribution in [0.4, 0.5) is 0 Å². The summed E-state index contributed by atoms with van der Waals surface area (Å²) < 4.78 is 5.99. The van der Waals surface area contributed by atoms with Crippen molar-refractivity contribution in [1.82, 2.24) is 15.1 Å². The van der Waals surface area contributed by atoms with Crippen LogP contribution >= 0.6 is 0 Å². The van der Waals surface area contributed by atoms with E-state index in [1.165, 1.54) is 35.1 Å². The minimum absolute atomic E-state index is 0.109. The van der Waals surface area contributed by atoms with Crippen LogP contribution < -0.4 is 4.74 Å². The summed E-state index contributed by atoms with van der Waals surface area (Å²) in [5, 5.41) is 8.22. The molecule has 0 amide bonds. The van der Waals surface area contributed by atoms with E-state index in [0.29, 0.717) is 5.88 Å². The highest BCUT2D eigenvalue weighted by atomic mass is 16.5. The van der Waals surface area contributed by atoms with Gasteiger partial charge < -0.3 is 4.74 Å². The lowest BCUT2D eigenvalue weighted by molar-refractivity contribution is 0.190. The summed E-state index contributed by atoms with van der Waals surface area (Å²) in [5.41, 5.74) is 6.58. The number of rotatable bonds is 3. The molecule has 6 rings (SSSR count). The van der Waals surface area contributed by atoms with E-state index in [2.05, 4.69) is 64.5 Å². The van der Waals surface area contributed by atoms with Crippen molar-refractivity contribution in [2.45, 2.75) is 38.6 Å². The Kier molecular flexibility index (Phi) is 4.17. The first kappa shape index (κ1) is 17.4. The number of hydrogen-bond donors (Lipinski definition) is 0. The van der Waals surface area contributed by atoms with Crippen LogP contribution in [0.5, 0.6) is 11.6 Å². The second-order valence-corrected chi connectivity index (χ2v) is 8.16. The molecule has 3 aromatic rings. The Balaban J connectivity index is 1.55. The van der Waals surface area contributed by atoms with E-state index >= 15 is 0 Å². The molecule has 3 aliphatic heterocycles. The Morgan fingerprint density at radius 1 is 0.893 bits per heavy atom. The molecule has 2 bridgehead atoms. The van der Waals surface area contributed by atoms with E-state index < -0.39 is 0 Å². The third-order valence-electron chi connectivity index (χ3n) is 6.30. The van der Waals surface area contributed by atoms with Crippen LogP contribution in [0.25, 0.3) is 0 Å². The van der Waals surface area contributed by atoms with Crippen molar-refractivity contribution in [2.75, 3.05) is 13.1 Å². The van der Waals surface area contributed by atoms with E-state index in [1.807, 2.05) is 19.1 Å². The number of nitrogens with zero attached hydrogens (tertiary/aromatic N) is 3. The van der Waals surface area contributed by atoms with Gasteiger partial charge in [0, 0.05) is 18.0 Å². The van der Waals surface area contributed by atoms with Crippen molar-refractivity contribution in [3.05, 3.63) is 82.5 Å². The third-order valence-corrected chi connectivity index (χ3v) is 6.30. The molecule has 4 nitrogen and oxygen atoms in total. The molecule has 1 saturated heterocycles.